The fourth-order valence-electron chi connectivity index (χ4n) is 1.75. The number of carbonyl (C=O) groups excluding carboxylic acids is 1. The van der Waals surface area contributed by atoms with Gasteiger partial charge in [0.25, 0.3) is 0 Å². The average molecular weight is 265 g/mol. The van der Waals surface area contributed by atoms with Crippen LogP contribution in [0.2, 0.25) is 5.02 Å². The quantitative estimate of drug-likeness (QED) is 0.907. The third kappa shape index (κ3) is 2.27. The van der Waals surface area contributed by atoms with Crippen LogP contribution in [0.3, 0.4) is 0 Å². The van der Waals surface area contributed by atoms with E-state index in [1.165, 1.54) is 0 Å². The maximum Gasteiger partial charge on any atom is 0.240 e. The van der Waals surface area contributed by atoms with Crippen LogP contribution >= 0.6 is 11.6 Å². The third-order valence-corrected chi connectivity index (χ3v) is 3.47. The monoisotopic (exact) mass is 264 g/mol. The molecule has 1 aliphatic rings. The molecule has 0 aromatic heterocycles. The lowest BCUT2D eigenvalue weighted by Crippen LogP contribution is -2.30. The predicted octanol–water partition coefficient (Wildman–Crippen LogP) is 2.27. The van der Waals surface area contributed by atoms with Crippen LogP contribution in [0.25, 0.3) is 0 Å². The number of nitriles is 1. The second-order valence-electron chi connectivity index (χ2n) is 4.30. The van der Waals surface area contributed by atoms with Gasteiger partial charge in [-0.1, -0.05) is 17.7 Å². The van der Waals surface area contributed by atoms with Crippen LogP contribution in [-0.4, -0.2) is 13.0 Å². The van der Waals surface area contributed by atoms with E-state index in [0.717, 1.165) is 5.56 Å². The van der Waals surface area contributed by atoms with Gasteiger partial charge in [0.1, 0.15) is 11.2 Å². The molecule has 1 saturated carbocycles. The molecule has 1 fully saturated rings. The third-order valence-electron chi connectivity index (χ3n) is 3.12. The Balaban J connectivity index is 2.07. The van der Waals surface area contributed by atoms with Crippen LogP contribution < -0.4 is 10.1 Å². The molecule has 0 aliphatic heterocycles. The van der Waals surface area contributed by atoms with Crippen molar-refractivity contribution >= 4 is 17.5 Å². The number of hydrogen-bond acceptors (Lipinski definition) is 3. The lowest BCUT2D eigenvalue weighted by atomic mass is 10.1. The van der Waals surface area contributed by atoms with Gasteiger partial charge in [0, 0.05) is 17.1 Å². The van der Waals surface area contributed by atoms with Crippen LogP contribution in [0.5, 0.6) is 5.75 Å². The fraction of sp³-hybridized carbons (Fsp3) is 0.385. The van der Waals surface area contributed by atoms with Crippen molar-refractivity contribution < 1.29 is 9.53 Å². The van der Waals surface area contributed by atoms with Crippen molar-refractivity contribution in [2.75, 3.05) is 7.11 Å². The van der Waals surface area contributed by atoms with E-state index in [1.807, 2.05) is 0 Å². The number of nitrogens with one attached hydrogen (secondary N) is 1. The van der Waals surface area contributed by atoms with Crippen molar-refractivity contribution in [3.63, 3.8) is 0 Å². The second kappa shape index (κ2) is 4.87. The zero-order valence-electron chi connectivity index (χ0n) is 10.00. The van der Waals surface area contributed by atoms with Crippen molar-refractivity contribution in [1.82, 2.24) is 5.32 Å². The highest BCUT2D eigenvalue weighted by atomic mass is 35.5. The minimum Gasteiger partial charge on any atom is -0.496 e. The minimum atomic E-state index is -0.811. The van der Waals surface area contributed by atoms with Crippen LogP contribution in [0.1, 0.15) is 18.4 Å². The number of amides is 1. The van der Waals surface area contributed by atoms with Crippen LogP contribution in [0.15, 0.2) is 18.2 Å². The Morgan fingerprint density at radius 1 is 1.61 bits per heavy atom. The van der Waals surface area contributed by atoms with Gasteiger partial charge in [-0.15, -0.1) is 0 Å². The molecule has 0 atom stereocenters. The van der Waals surface area contributed by atoms with E-state index in [2.05, 4.69) is 11.4 Å². The first kappa shape index (κ1) is 12.7. The number of nitrogens with zero attached hydrogens (tertiary/aromatic N) is 1. The highest BCUT2D eigenvalue weighted by Crippen LogP contribution is 2.45. The number of rotatable bonds is 4. The van der Waals surface area contributed by atoms with Crippen molar-refractivity contribution in [3.05, 3.63) is 28.8 Å². The first-order valence-corrected chi connectivity index (χ1v) is 6.02. The van der Waals surface area contributed by atoms with Crippen LogP contribution in [-0.2, 0) is 11.3 Å². The summed E-state index contributed by atoms with van der Waals surface area (Å²) in [6.07, 6.45) is 1.27. The summed E-state index contributed by atoms with van der Waals surface area (Å²) in [5.74, 6) is 0.400. The summed E-state index contributed by atoms with van der Waals surface area (Å²) < 4.78 is 5.19. The zero-order chi connectivity index (χ0) is 13.2. The molecule has 2 rings (SSSR count). The maximum absolute atomic E-state index is 11.8. The molecular formula is C13H13ClN2O2. The molecule has 1 aromatic rings. The van der Waals surface area contributed by atoms with Gasteiger partial charge in [-0.25, -0.2) is 0 Å². The van der Waals surface area contributed by atoms with E-state index >= 15 is 0 Å². The number of benzene rings is 1. The molecule has 0 saturated heterocycles. The van der Waals surface area contributed by atoms with E-state index in [1.54, 1.807) is 25.3 Å². The van der Waals surface area contributed by atoms with Gasteiger partial charge in [0.05, 0.1) is 13.2 Å². The fourth-order valence-corrected chi connectivity index (χ4v) is 1.99. The van der Waals surface area contributed by atoms with Crippen molar-refractivity contribution in [1.29, 1.82) is 5.26 Å². The van der Waals surface area contributed by atoms with E-state index in [-0.39, 0.29) is 12.5 Å². The highest BCUT2D eigenvalue weighted by molar-refractivity contribution is 6.31. The Labute approximate surface area is 111 Å². The smallest absolute Gasteiger partial charge is 0.240 e. The van der Waals surface area contributed by atoms with E-state index in [4.69, 9.17) is 21.6 Å². The Hall–Kier alpha value is -1.73. The summed E-state index contributed by atoms with van der Waals surface area (Å²) in [5.41, 5.74) is -0.0853. The summed E-state index contributed by atoms with van der Waals surface area (Å²) in [7, 11) is 1.55. The molecule has 1 aromatic carbocycles. The Morgan fingerprint density at radius 3 is 2.89 bits per heavy atom. The SMILES string of the molecule is COc1cccc(Cl)c1CNC(=O)C1(C#N)CC1. The van der Waals surface area contributed by atoms with Crippen LogP contribution in [0, 0.1) is 16.7 Å². The Kier molecular flexibility index (Phi) is 3.44. The zero-order valence-corrected chi connectivity index (χ0v) is 10.8. The van der Waals surface area contributed by atoms with Gasteiger partial charge in [-0.2, -0.15) is 5.26 Å². The van der Waals surface area contributed by atoms with Gasteiger partial charge >= 0.3 is 0 Å². The molecule has 1 amide bonds. The molecule has 1 N–H and O–H groups in total. The number of methoxy groups -OCH3 is 1. The number of carbonyl (C=O) groups is 1. The normalized spacial score (nSPS) is 15.6. The highest BCUT2D eigenvalue weighted by Gasteiger charge is 2.50. The van der Waals surface area contributed by atoms with Gasteiger partial charge in [-0.3, -0.25) is 4.79 Å². The Bertz CT molecular complexity index is 518. The van der Waals surface area contributed by atoms with Crippen molar-refractivity contribution in [3.8, 4) is 11.8 Å². The summed E-state index contributed by atoms with van der Waals surface area (Å²) in [5, 5.41) is 12.2. The molecule has 94 valence electrons. The first-order chi connectivity index (χ1) is 8.63. The summed E-state index contributed by atoms with van der Waals surface area (Å²) in [6, 6.07) is 7.36. The summed E-state index contributed by atoms with van der Waals surface area (Å²) in [6.45, 7) is 0.269. The lowest BCUT2D eigenvalue weighted by molar-refractivity contribution is -0.124. The van der Waals surface area contributed by atoms with E-state index in [9.17, 15) is 4.79 Å². The van der Waals surface area contributed by atoms with Crippen molar-refractivity contribution in [2.24, 2.45) is 5.41 Å². The average Bonchev–Trinajstić information content (AvgIpc) is 3.17. The molecule has 0 heterocycles. The Morgan fingerprint density at radius 2 is 2.33 bits per heavy atom. The van der Waals surface area contributed by atoms with Crippen LogP contribution in [0.4, 0.5) is 0 Å². The molecule has 18 heavy (non-hydrogen) atoms. The lowest BCUT2D eigenvalue weighted by Gasteiger charge is -2.12. The van der Waals surface area contributed by atoms with Gasteiger partial charge < -0.3 is 10.1 Å². The molecule has 5 heteroatoms. The standard InChI is InChI=1S/C13H13ClN2O2/c1-18-11-4-2-3-10(14)9(11)7-16-12(17)13(8-15)5-6-13/h2-4H,5-7H2,1H3,(H,16,17). The molecule has 0 bridgehead atoms. The molecule has 0 unspecified atom stereocenters. The molecule has 0 radical (unpaired) electrons. The van der Waals surface area contributed by atoms with Gasteiger partial charge in [0.2, 0.25) is 5.91 Å². The largest absolute Gasteiger partial charge is 0.496 e. The first-order valence-electron chi connectivity index (χ1n) is 5.64. The molecular weight excluding hydrogens is 252 g/mol. The maximum atomic E-state index is 11.8. The molecule has 0 spiro atoms. The van der Waals surface area contributed by atoms with Crippen molar-refractivity contribution in [2.45, 2.75) is 19.4 Å². The number of ether oxygens (including phenoxy) is 1. The second-order valence-corrected chi connectivity index (χ2v) is 4.70. The minimum absolute atomic E-state index is 0.230. The summed E-state index contributed by atoms with van der Waals surface area (Å²) >= 11 is 6.06. The van der Waals surface area contributed by atoms with Gasteiger partial charge in [0.15, 0.2) is 0 Å². The molecule has 4 nitrogen and oxygen atoms in total. The van der Waals surface area contributed by atoms with Gasteiger partial charge in [-0.05, 0) is 25.0 Å². The number of halogens is 1. The van der Waals surface area contributed by atoms with E-state index in [0.29, 0.717) is 23.6 Å². The summed E-state index contributed by atoms with van der Waals surface area (Å²) in [4.78, 5) is 11.8. The predicted molar refractivity (Wildman–Crippen MR) is 67.1 cm³/mol. The van der Waals surface area contributed by atoms with E-state index < -0.39 is 5.41 Å². The number of hydrogen-bond donors (Lipinski definition) is 1. The topological polar surface area (TPSA) is 62.1 Å². The molecule has 1 aliphatic carbocycles.